The molecule has 0 fully saturated rings. The van der Waals surface area contributed by atoms with Crippen LogP contribution < -0.4 is 0 Å². The van der Waals surface area contributed by atoms with Crippen LogP contribution in [0.25, 0.3) is 28.0 Å². The quantitative estimate of drug-likeness (QED) is 0.509. The minimum atomic E-state index is -0.468. The second-order valence-corrected chi connectivity index (χ2v) is 6.11. The Morgan fingerprint density at radius 3 is 2.81 bits per heavy atom. The van der Waals surface area contributed by atoms with Crippen molar-refractivity contribution in [3.63, 3.8) is 0 Å². The zero-order valence-corrected chi connectivity index (χ0v) is 15.0. The molecule has 1 aliphatic heterocycles. The molecule has 7 heteroatoms. The molecule has 0 bridgehead atoms. The Hall–Kier alpha value is -3.28. The highest BCUT2D eigenvalue weighted by atomic mass is 16.7. The number of benzene rings is 1. The standard InChI is InChI=1S/C20H18N2O5/c1-3-26-20(24)11-17-16-10-14-9-13(18-5-4-8-27-18)6-7-15(14)21(16)19(12-23)22(17)25-2/h4-10,17H,3,11H2,1-2H3. The number of hydrogen-bond donors (Lipinski definition) is 0. The third-order valence-electron chi connectivity index (χ3n) is 4.63. The van der Waals surface area contributed by atoms with Crippen LogP contribution in [0.3, 0.4) is 0 Å². The number of aromatic nitrogens is 1. The number of hydroxylamine groups is 2. The van der Waals surface area contributed by atoms with Gasteiger partial charge in [0.05, 0.1) is 37.6 Å². The van der Waals surface area contributed by atoms with Gasteiger partial charge in [-0.3, -0.25) is 14.2 Å². The number of nitrogens with zero attached hydrogens (tertiary/aromatic N) is 2. The van der Waals surface area contributed by atoms with Crippen molar-refractivity contribution in [2.75, 3.05) is 13.7 Å². The number of hydrogen-bond acceptors (Lipinski definition) is 6. The summed E-state index contributed by atoms with van der Waals surface area (Å²) in [6.07, 6.45) is 1.69. The molecule has 0 spiro atoms. The van der Waals surface area contributed by atoms with Crippen LogP contribution in [0.4, 0.5) is 0 Å². The van der Waals surface area contributed by atoms with E-state index in [-0.39, 0.29) is 18.2 Å². The van der Waals surface area contributed by atoms with Gasteiger partial charge in [-0.25, -0.2) is 9.86 Å². The average molecular weight is 366 g/mol. The fraction of sp³-hybridized carbons (Fsp3) is 0.250. The predicted octanol–water partition coefficient (Wildman–Crippen LogP) is 3.40. The van der Waals surface area contributed by atoms with Crippen LogP contribution in [0.1, 0.15) is 25.1 Å². The van der Waals surface area contributed by atoms with Crippen molar-refractivity contribution >= 4 is 28.6 Å². The largest absolute Gasteiger partial charge is 0.466 e. The molecule has 3 heterocycles. The Morgan fingerprint density at radius 1 is 1.30 bits per heavy atom. The molecule has 4 rings (SSSR count). The Labute approximate surface area is 155 Å². The summed E-state index contributed by atoms with van der Waals surface area (Å²) in [4.78, 5) is 29.1. The van der Waals surface area contributed by atoms with E-state index in [2.05, 4.69) is 0 Å². The molecule has 0 aliphatic carbocycles. The molecule has 0 radical (unpaired) electrons. The number of esters is 1. The van der Waals surface area contributed by atoms with E-state index in [4.69, 9.17) is 14.0 Å². The van der Waals surface area contributed by atoms with Crippen molar-refractivity contribution in [2.24, 2.45) is 0 Å². The minimum absolute atomic E-state index is 0.0637. The fourth-order valence-electron chi connectivity index (χ4n) is 3.55. The zero-order chi connectivity index (χ0) is 19.0. The first kappa shape index (κ1) is 17.1. The van der Waals surface area contributed by atoms with Gasteiger partial charge in [0.2, 0.25) is 5.82 Å². The van der Waals surface area contributed by atoms with Gasteiger partial charge in [-0.15, -0.1) is 0 Å². The first-order valence-corrected chi connectivity index (χ1v) is 8.61. The molecule has 0 N–H and O–H groups in total. The third-order valence-corrected chi connectivity index (χ3v) is 4.63. The molecule has 138 valence electrons. The first-order valence-electron chi connectivity index (χ1n) is 8.61. The van der Waals surface area contributed by atoms with E-state index in [1.165, 1.54) is 12.2 Å². The molecule has 2 aromatic heterocycles. The SMILES string of the molecule is CCOC(=O)CC1c2cc3cc(-c4ccco4)ccc3n2C(=C=O)N1OC. The van der Waals surface area contributed by atoms with Gasteiger partial charge in [-0.2, -0.15) is 0 Å². The van der Waals surface area contributed by atoms with E-state index in [0.717, 1.165) is 27.9 Å². The van der Waals surface area contributed by atoms with Crippen LogP contribution in [0.15, 0.2) is 47.1 Å². The lowest BCUT2D eigenvalue weighted by atomic mass is 10.1. The number of carbonyl (C=O) groups excluding carboxylic acids is 2. The molecule has 0 saturated heterocycles. The molecule has 0 saturated carbocycles. The minimum Gasteiger partial charge on any atom is -0.466 e. The van der Waals surface area contributed by atoms with Gasteiger partial charge in [-0.1, -0.05) is 0 Å². The van der Waals surface area contributed by atoms with Gasteiger partial charge in [0.25, 0.3) is 0 Å². The van der Waals surface area contributed by atoms with Crippen LogP contribution in [-0.4, -0.2) is 35.3 Å². The molecule has 27 heavy (non-hydrogen) atoms. The van der Waals surface area contributed by atoms with Crippen molar-refractivity contribution in [3.05, 3.63) is 48.4 Å². The van der Waals surface area contributed by atoms with E-state index in [0.29, 0.717) is 6.61 Å². The molecule has 1 unspecified atom stereocenters. The van der Waals surface area contributed by atoms with Crippen LogP contribution in [0, 0.1) is 0 Å². The summed E-state index contributed by atoms with van der Waals surface area (Å²) in [6.45, 7) is 2.05. The van der Waals surface area contributed by atoms with Crippen LogP contribution in [0.5, 0.6) is 0 Å². The maximum absolute atomic E-state index is 12.1. The van der Waals surface area contributed by atoms with E-state index in [1.54, 1.807) is 17.8 Å². The van der Waals surface area contributed by atoms with E-state index >= 15 is 0 Å². The van der Waals surface area contributed by atoms with Gasteiger partial charge in [0, 0.05) is 10.9 Å². The summed E-state index contributed by atoms with van der Waals surface area (Å²) in [5, 5.41) is 2.33. The van der Waals surface area contributed by atoms with Crippen LogP contribution in [0.2, 0.25) is 0 Å². The fourth-order valence-corrected chi connectivity index (χ4v) is 3.55. The van der Waals surface area contributed by atoms with Crippen LogP contribution >= 0.6 is 0 Å². The van der Waals surface area contributed by atoms with Gasteiger partial charge in [0.15, 0.2) is 5.94 Å². The summed E-state index contributed by atoms with van der Waals surface area (Å²) >= 11 is 0. The summed E-state index contributed by atoms with van der Waals surface area (Å²) < 4.78 is 12.3. The Kier molecular flexibility index (Phi) is 4.32. The normalized spacial score (nSPS) is 15.9. The summed E-state index contributed by atoms with van der Waals surface area (Å²) in [7, 11) is 1.46. The monoisotopic (exact) mass is 366 g/mol. The maximum Gasteiger partial charge on any atom is 0.308 e. The van der Waals surface area contributed by atoms with Gasteiger partial charge >= 0.3 is 5.97 Å². The lowest BCUT2D eigenvalue weighted by molar-refractivity contribution is -0.151. The topological polar surface area (TPSA) is 73.9 Å². The van der Waals surface area contributed by atoms with Crippen molar-refractivity contribution in [1.29, 1.82) is 0 Å². The molecular weight excluding hydrogens is 348 g/mol. The first-order chi connectivity index (χ1) is 13.2. The Morgan fingerprint density at radius 2 is 2.15 bits per heavy atom. The highest BCUT2D eigenvalue weighted by molar-refractivity contribution is 5.93. The van der Waals surface area contributed by atoms with Crippen LogP contribution in [-0.2, 0) is 19.2 Å². The molecule has 1 atom stereocenters. The predicted molar refractivity (Wildman–Crippen MR) is 97.9 cm³/mol. The van der Waals surface area contributed by atoms with Gasteiger partial charge in [0.1, 0.15) is 11.8 Å². The number of ether oxygens (including phenoxy) is 1. The Balaban J connectivity index is 1.83. The lowest BCUT2D eigenvalue weighted by Gasteiger charge is -2.22. The number of carbonyl (C=O) groups is 1. The molecular formula is C20H18N2O5. The second-order valence-electron chi connectivity index (χ2n) is 6.11. The van der Waals surface area contributed by atoms with Crippen molar-refractivity contribution in [2.45, 2.75) is 19.4 Å². The van der Waals surface area contributed by atoms with Crippen molar-refractivity contribution in [1.82, 2.24) is 9.63 Å². The smallest absolute Gasteiger partial charge is 0.308 e. The summed E-state index contributed by atoms with van der Waals surface area (Å²) in [6, 6.07) is 11.0. The molecule has 0 amide bonds. The van der Waals surface area contributed by atoms with Crippen molar-refractivity contribution in [3.8, 4) is 11.3 Å². The molecule has 7 nitrogen and oxygen atoms in total. The highest BCUT2D eigenvalue weighted by Crippen LogP contribution is 2.42. The molecule has 3 aromatic rings. The highest BCUT2D eigenvalue weighted by Gasteiger charge is 2.38. The summed E-state index contributed by atoms with van der Waals surface area (Å²) in [5.74, 6) is 2.55. The van der Waals surface area contributed by atoms with E-state index < -0.39 is 6.04 Å². The van der Waals surface area contributed by atoms with E-state index in [9.17, 15) is 9.59 Å². The van der Waals surface area contributed by atoms with Gasteiger partial charge in [-0.05, 0) is 43.3 Å². The third kappa shape index (κ3) is 2.73. The van der Waals surface area contributed by atoms with Crippen molar-refractivity contribution < 1.29 is 23.6 Å². The second kappa shape index (κ2) is 6.79. The van der Waals surface area contributed by atoms with E-state index in [1.807, 2.05) is 42.3 Å². The maximum atomic E-state index is 12.1. The number of rotatable bonds is 5. The lowest BCUT2D eigenvalue weighted by Crippen LogP contribution is -2.24. The summed E-state index contributed by atoms with van der Waals surface area (Å²) in [5.41, 5.74) is 2.53. The Bertz CT molecular complexity index is 1040. The van der Waals surface area contributed by atoms with Gasteiger partial charge < -0.3 is 9.15 Å². The molecule has 1 aliphatic rings. The number of furan rings is 1. The average Bonchev–Trinajstić information content (AvgIpc) is 3.37. The zero-order valence-electron chi connectivity index (χ0n) is 15.0. The molecule has 1 aromatic carbocycles. The number of fused-ring (bicyclic) bond motifs is 3.